The van der Waals surface area contributed by atoms with Crippen LogP contribution in [0.2, 0.25) is 0 Å². The Balaban J connectivity index is 1.77. The van der Waals surface area contributed by atoms with E-state index in [1.807, 2.05) is 35.7 Å². The molecule has 4 aromatic rings. The topological polar surface area (TPSA) is 44.1 Å². The summed E-state index contributed by atoms with van der Waals surface area (Å²) in [5.41, 5.74) is 3.94. The van der Waals surface area contributed by atoms with Crippen molar-refractivity contribution in [3.8, 4) is 11.4 Å². The normalized spacial score (nSPS) is 11.0. The van der Waals surface area contributed by atoms with Crippen LogP contribution in [0.1, 0.15) is 11.1 Å². The number of methoxy groups -OCH3 is 1. The van der Waals surface area contributed by atoms with Crippen LogP contribution in [0.4, 0.5) is 0 Å². The van der Waals surface area contributed by atoms with Gasteiger partial charge in [-0.1, -0.05) is 41.6 Å². The van der Waals surface area contributed by atoms with Crippen LogP contribution in [0.5, 0.6) is 5.75 Å². The van der Waals surface area contributed by atoms with E-state index in [2.05, 4.69) is 31.2 Å². The predicted octanol–water partition coefficient (Wildman–Crippen LogP) is 5.06. The van der Waals surface area contributed by atoms with Crippen LogP contribution in [0.15, 0.2) is 69.9 Å². The highest BCUT2D eigenvalue weighted by Gasteiger charge is 2.14. The molecule has 27 heavy (non-hydrogen) atoms. The molecule has 0 radical (unpaired) electrons. The third-order valence-electron chi connectivity index (χ3n) is 4.27. The molecule has 0 aliphatic heterocycles. The van der Waals surface area contributed by atoms with Crippen molar-refractivity contribution in [2.45, 2.75) is 17.8 Å². The van der Waals surface area contributed by atoms with E-state index < -0.39 is 0 Å². The number of thiophene rings is 1. The molecule has 0 atom stereocenters. The summed E-state index contributed by atoms with van der Waals surface area (Å²) < 4.78 is 7.60. The Kier molecular flexibility index (Phi) is 5.01. The number of ether oxygens (including phenoxy) is 1. The zero-order valence-corrected chi connectivity index (χ0v) is 16.6. The van der Waals surface area contributed by atoms with Gasteiger partial charge in [-0.2, -0.15) is 0 Å². The number of fused-ring (bicyclic) bond motifs is 1. The van der Waals surface area contributed by atoms with Crippen LogP contribution < -0.4 is 10.3 Å². The molecule has 0 N–H and O–H groups in total. The molecular formula is C21H18N2O2S2. The molecule has 0 bridgehead atoms. The fourth-order valence-electron chi connectivity index (χ4n) is 2.78. The first-order valence-corrected chi connectivity index (χ1v) is 10.4. The average Bonchev–Trinajstić information content (AvgIpc) is 3.17. The molecule has 0 aliphatic rings. The van der Waals surface area contributed by atoms with Gasteiger partial charge in [0.15, 0.2) is 5.16 Å². The maximum absolute atomic E-state index is 13.1. The molecule has 6 heteroatoms. The van der Waals surface area contributed by atoms with Gasteiger partial charge in [0.1, 0.15) is 10.4 Å². The zero-order chi connectivity index (χ0) is 18.8. The lowest BCUT2D eigenvalue weighted by Gasteiger charge is -2.12. The van der Waals surface area contributed by atoms with E-state index in [4.69, 9.17) is 9.72 Å². The Morgan fingerprint density at radius 3 is 2.52 bits per heavy atom. The van der Waals surface area contributed by atoms with E-state index in [1.165, 1.54) is 22.5 Å². The monoisotopic (exact) mass is 394 g/mol. The van der Waals surface area contributed by atoms with Crippen molar-refractivity contribution in [3.05, 3.63) is 81.5 Å². The summed E-state index contributed by atoms with van der Waals surface area (Å²) in [6.07, 6.45) is 0. The van der Waals surface area contributed by atoms with Crippen LogP contribution >= 0.6 is 23.1 Å². The van der Waals surface area contributed by atoms with E-state index in [0.717, 1.165) is 22.7 Å². The predicted molar refractivity (Wildman–Crippen MR) is 113 cm³/mol. The molecule has 2 heterocycles. The van der Waals surface area contributed by atoms with Crippen molar-refractivity contribution in [1.82, 2.24) is 9.55 Å². The van der Waals surface area contributed by atoms with Gasteiger partial charge in [0.2, 0.25) is 0 Å². The van der Waals surface area contributed by atoms with Crippen molar-refractivity contribution < 1.29 is 4.74 Å². The van der Waals surface area contributed by atoms with Gasteiger partial charge in [-0.05, 0) is 48.2 Å². The van der Waals surface area contributed by atoms with E-state index in [9.17, 15) is 4.79 Å². The Hall–Kier alpha value is -2.57. The molecule has 136 valence electrons. The highest BCUT2D eigenvalue weighted by molar-refractivity contribution is 7.98. The third-order valence-corrected chi connectivity index (χ3v) is 6.17. The van der Waals surface area contributed by atoms with Gasteiger partial charge in [0, 0.05) is 5.75 Å². The smallest absolute Gasteiger partial charge is 0.276 e. The summed E-state index contributed by atoms with van der Waals surface area (Å²) in [5.74, 6) is 1.50. The summed E-state index contributed by atoms with van der Waals surface area (Å²) in [6.45, 7) is 2.07. The molecular weight excluding hydrogens is 376 g/mol. The van der Waals surface area contributed by atoms with Crippen molar-refractivity contribution in [3.63, 3.8) is 0 Å². The minimum absolute atomic E-state index is 0.0356. The Morgan fingerprint density at radius 1 is 1.07 bits per heavy atom. The number of aromatic nitrogens is 2. The summed E-state index contributed by atoms with van der Waals surface area (Å²) in [6, 6.07) is 17.8. The highest BCUT2D eigenvalue weighted by Crippen LogP contribution is 2.27. The molecule has 0 amide bonds. The van der Waals surface area contributed by atoms with E-state index in [0.29, 0.717) is 9.86 Å². The van der Waals surface area contributed by atoms with Crippen LogP contribution in [0.25, 0.3) is 15.9 Å². The second kappa shape index (κ2) is 7.58. The van der Waals surface area contributed by atoms with Gasteiger partial charge < -0.3 is 4.74 Å². The van der Waals surface area contributed by atoms with Crippen molar-refractivity contribution in [1.29, 1.82) is 0 Å². The number of benzene rings is 2. The molecule has 0 saturated carbocycles. The molecule has 0 unspecified atom stereocenters. The van der Waals surface area contributed by atoms with Gasteiger partial charge in [0.05, 0.1) is 18.3 Å². The summed E-state index contributed by atoms with van der Waals surface area (Å²) in [4.78, 5) is 17.9. The summed E-state index contributed by atoms with van der Waals surface area (Å²) >= 11 is 2.99. The van der Waals surface area contributed by atoms with Gasteiger partial charge in [-0.3, -0.25) is 9.36 Å². The fourth-order valence-corrected chi connectivity index (χ4v) is 4.51. The summed E-state index contributed by atoms with van der Waals surface area (Å²) in [5, 5.41) is 2.60. The van der Waals surface area contributed by atoms with Crippen LogP contribution in [-0.2, 0) is 5.75 Å². The molecule has 4 rings (SSSR count). The Morgan fingerprint density at radius 2 is 1.81 bits per heavy atom. The first kappa shape index (κ1) is 17.8. The molecule has 0 saturated heterocycles. The molecule has 4 nitrogen and oxygen atoms in total. The minimum atomic E-state index is -0.0356. The fraction of sp³-hybridized carbons (Fsp3) is 0.143. The minimum Gasteiger partial charge on any atom is -0.497 e. The molecule has 2 aromatic heterocycles. The largest absolute Gasteiger partial charge is 0.497 e. The standard InChI is InChI=1S/C21H18N2O2S2/c1-14-3-5-15(6-4-14)13-27-21-22-18-11-12-26-19(18)20(24)23(21)16-7-9-17(25-2)10-8-16/h3-12H,13H2,1-2H3. The number of nitrogens with zero attached hydrogens (tertiary/aromatic N) is 2. The van der Waals surface area contributed by atoms with Gasteiger partial charge in [0.25, 0.3) is 5.56 Å². The first-order chi connectivity index (χ1) is 13.2. The van der Waals surface area contributed by atoms with Crippen LogP contribution in [-0.4, -0.2) is 16.7 Å². The molecule has 0 aliphatic carbocycles. The van der Waals surface area contributed by atoms with Gasteiger partial charge >= 0.3 is 0 Å². The van der Waals surface area contributed by atoms with E-state index in [1.54, 1.807) is 23.4 Å². The van der Waals surface area contributed by atoms with Crippen molar-refractivity contribution in [2.24, 2.45) is 0 Å². The second-order valence-corrected chi connectivity index (χ2v) is 8.00. The van der Waals surface area contributed by atoms with E-state index in [-0.39, 0.29) is 5.56 Å². The lowest BCUT2D eigenvalue weighted by Crippen LogP contribution is -2.20. The number of hydrogen-bond acceptors (Lipinski definition) is 5. The number of hydrogen-bond donors (Lipinski definition) is 0. The second-order valence-electron chi connectivity index (χ2n) is 6.14. The maximum atomic E-state index is 13.1. The van der Waals surface area contributed by atoms with Crippen molar-refractivity contribution >= 4 is 33.3 Å². The van der Waals surface area contributed by atoms with E-state index >= 15 is 0 Å². The quantitative estimate of drug-likeness (QED) is 0.351. The SMILES string of the molecule is COc1ccc(-n2c(SCc3ccc(C)cc3)nc3ccsc3c2=O)cc1. The van der Waals surface area contributed by atoms with Crippen molar-refractivity contribution in [2.75, 3.05) is 7.11 Å². The maximum Gasteiger partial charge on any atom is 0.276 e. The summed E-state index contributed by atoms with van der Waals surface area (Å²) in [7, 11) is 1.63. The number of rotatable bonds is 5. The zero-order valence-electron chi connectivity index (χ0n) is 15.0. The van der Waals surface area contributed by atoms with Crippen LogP contribution in [0, 0.1) is 6.92 Å². The number of thioether (sulfide) groups is 1. The highest BCUT2D eigenvalue weighted by atomic mass is 32.2. The lowest BCUT2D eigenvalue weighted by atomic mass is 10.2. The average molecular weight is 395 g/mol. The Labute approximate surface area is 165 Å². The van der Waals surface area contributed by atoms with Crippen LogP contribution in [0.3, 0.4) is 0 Å². The molecule has 0 spiro atoms. The number of aryl methyl sites for hydroxylation is 1. The molecule has 2 aromatic carbocycles. The van der Waals surface area contributed by atoms with Gasteiger partial charge in [-0.15, -0.1) is 11.3 Å². The Bertz CT molecular complexity index is 1130. The third kappa shape index (κ3) is 3.63. The van der Waals surface area contributed by atoms with Gasteiger partial charge in [-0.25, -0.2) is 4.98 Å². The lowest BCUT2D eigenvalue weighted by molar-refractivity contribution is 0.414. The first-order valence-electron chi connectivity index (χ1n) is 8.49. The molecule has 0 fully saturated rings.